The molecule has 0 aliphatic carbocycles. The van der Waals surface area contributed by atoms with Crippen molar-refractivity contribution in [2.24, 2.45) is 10.2 Å². The number of hydrogen-bond donors (Lipinski definition) is 0. The summed E-state index contributed by atoms with van der Waals surface area (Å²) in [4.78, 5) is 0. The Hall–Kier alpha value is -1.59. The molecule has 6 heteroatoms. The SMILES string of the molecule is COc1c(C(C)C)cc(CCC2(C(F)(F)F)N=N2)cc1C(C)C. The van der Waals surface area contributed by atoms with Crippen LogP contribution < -0.4 is 4.74 Å². The molecular weight excluding hydrogens is 305 g/mol. The van der Waals surface area contributed by atoms with E-state index in [4.69, 9.17) is 4.74 Å². The molecule has 0 atom stereocenters. The highest BCUT2D eigenvalue weighted by atomic mass is 19.4. The van der Waals surface area contributed by atoms with E-state index in [9.17, 15) is 13.2 Å². The number of benzene rings is 1. The van der Waals surface area contributed by atoms with E-state index in [-0.39, 0.29) is 24.7 Å². The van der Waals surface area contributed by atoms with Gasteiger partial charge in [0, 0.05) is 6.42 Å². The molecule has 0 unspecified atom stereocenters. The van der Waals surface area contributed by atoms with Crippen LogP contribution in [0, 0.1) is 0 Å². The van der Waals surface area contributed by atoms with E-state index < -0.39 is 11.8 Å². The maximum Gasteiger partial charge on any atom is 0.437 e. The van der Waals surface area contributed by atoms with Crippen molar-refractivity contribution in [3.05, 3.63) is 28.8 Å². The lowest BCUT2D eigenvalue weighted by atomic mass is 9.89. The molecule has 0 amide bonds. The summed E-state index contributed by atoms with van der Waals surface area (Å²) >= 11 is 0. The molecule has 0 N–H and O–H groups in total. The highest BCUT2D eigenvalue weighted by Crippen LogP contribution is 2.47. The number of hydrogen-bond acceptors (Lipinski definition) is 3. The average Bonchev–Trinajstić information content (AvgIpc) is 3.24. The Labute approximate surface area is 134 Å². The second-order valence-electron chi connectivity index (χ2n) is 6.63. The summed E-state index contributed by atoms with van der Waals surface area (Å²) in [5, 5.41) is 6.49. The fraction of sp³-hybridized carbons (Fsp3) is 0.647. The predicted molar refractivity (Wildman–Crippen MR) is 83.1 cm³/mol. The third-order valence-corrected chi connectivity index (χ3v) is 4.21. The van der Waals surface area contributed by atoms with Crippen LogP contribution in [0.4, 0.5) is 13.2 Å². The van der Waals surface area contributed by atoms with E-state index in [2.05, 4.69) is 37.9 Å². The molecular formula is C17H23F3N2O. The van der Waals surface area contributed by atoms with Gasteiger partial charge in [-0.05, 0) is 34.9 Å². The van der Waals surface area contributed by atoms with Gasteiger partial charge in [-0.15, -0.1) is 10.2 Å². The maximum atomic E-state index is 12.9. The molecule has 3 nitrogen and oxygen atoms in total. The molecule has 2 rings (SSSR count). The van der Waals surface area contributed by atoms with Gasteiger partial charge in [0.2, 0.25) is 0 Å². The van der Waals surface area contributed by atoms with Crippen LogP contribution in [0.15, 0.2) is 22.4 Å². The molecule has 1 aromatic carbocycles. The number of nitrogens with zero attached hydrogens (tertiary/aromatic N) is 2. The summed E-state index contributed by atoms with van der Waals surface area (Å²) in [5.74, 6) is 1.30. The van der Waals surface area contributed by atoms with Gasteiger partial charge in [-0.1, -0.05) is 39.8 Å². The molecule has 0 saturated heterocycles. The summed E-state index contributed by atoms with van der Waals surface area (Å²) in [6.45, 7) is 8.20. The highest BCUT2D eigenvalue weighted by Gasteiger charge is 2.63. The van der Waals surface area contributed by atoms with E-state index in [1.54, 1.807) is 7.11 Å². The molecule has 1 heterocycles. The fourth-order valence-electron chi connectivity index (χ4n) is 2.71. The van der Waals surface area contributed by atoms with Crippen molar-refractivity contribution < 1.29 is 17.9 Å². The van der Waals surface area contributed by atoms with E-state index in [0.717, 1.165) is 22.4 Å². The lowest BCUT2D eigenvalue weighted by molar-refractivity contribution is -0.164. The lowest BCUT2D eigenvalue weighted by Gasteiger charge is -2.21. The van der Waals surface area contributed by atoms with Crippen LogP contribution in [-0.4, -0.2) is 18.9 Å². The summed E-state index contributed by atoms with van der Waals surface area (Å²) in [6.07, 6.45) is -4.25. The second-order valence-corrected chi connectivity index (χ2v) is 6.63. The maximum absolute atomic E-state index is 12.9. The molecule has 1 aliphatic heterocycles. The van der Waals surface area contributed by atoms with Crippen molar-refractivity contribution >= 4 is 0 Å². The number of ether oxygens (including phenoxy) is 1. The largest absolute Gasteiger partial charge is 0.496 e. The Morgan fingerprint density at radius 2 is 1.52 bits per heavy atom. The van der Waals surface area contributed by atoms with Gasteiger partial charge in [0.15, 0.2) is 0 Å². The van der Waals surface area contributed by atoms with E-state index >= 15 is 0 Å². The summed E-state index contributed by atoms with van der Waals surface area (Å²) in [7, 11) is 1.63. The van der Waals surface area contributed by atoms with Gasteiger partial charge in [-0.25, -0.2) is 0 Å². The van der Waals surface area contributed by atoms with Crippen molar-refractivity contribution in [2.45, 2.75) is 64.2 Å². The molecule has 0 saturated carbocycles. The van der Waals surface area contributed by atoms with Crippen molar-refractivity contribution in [2.75, 3.05) is 7.11 Å². The van der Waals surface area contributed by atoms with Gasteiger partial charge < -0.3 is 4.74 Å². The second kappa shape index (κ2) is 6.13. The van der Waals surface area contributed by atoms with Crippen LogP contribution in [-0.2, 0) is 6.42 Å². The first-order valence-electron chi connectivity index (χ1n) is 7.83. The molecule has 23 heavy (non-hydrogen) atoms. The van der Waals surface area contributed by atoms with Crippen molar-refractivity contribution in [1.82, 2.24) is 0 Å². The van der Waals surface area contributed by atoms with Crippen LogP contribution in [0.25, 0.3) is 0 Å². The number of methoxy groups -OCH3 is 1. The Morgan fingerprint density at radius 3 is 1.83 bits per heavy atom. The van der Waals surface area contributed by atoms with Gasteiger partial charge in [-0.2, -0.15) is 13.2 Å². The summed E-state index contributed by atoms with van der Waals surface area (Å²) < 4.78 is 44.3. The van der Waals surface area contributed by atoms with Crippen LogP contribution >= 0.6 is 0 Å². The minimum Gasteiger partial charge on any atom is -0.496 e. The highest BCUT2D eigenvalue weighted by molar-refractivity contribution is 5.48. The third kappa shape index (κ3) is 3.51. The smallest absolute Gasteiger partial charge is 0.437 e. The Kier molecular flexibility index (Phi) is 4.74. The monoisotopic (exact) mass is 328 g/mol. The fourth-order valence-corrected chi connectivity index (χ4v) is 2.71. The predicted octanol–water partition coefficient (Wildman–Crippen LogP) is 5.60. The van der Waals surface area contributed by atoms with Gasteiger partial charge in [0.1, 0.15) is 5.75 Å². The van der Waals surface area contributed by atoms with Crippen LogP contribution in [0.1, 0.15) is 62.6 Å². The first kappa shape index (κ1) is 17.8. The molecule has 0 bridgehead atoms. The molecule has 0 fully saturated rings. The van der Waals surface area contributed by atoms with Crippen LogP contribution in [0.3, 0.4) is 0 Å². The first-order chi connectivity index (χ1) is 10.6. The molecule has 0 aromatic heterocycles. The minimum atomic E-state index is -4.40. The first-order valence-corrected chi connectivity index (χ1v) is 7.83. The van der Waals surface area contributed by atoms with Gasteiger partial charge in [0.25, 0.3) is 5.66 Å². The van der Waals surface area contributed by atoms with Gasteiger partial charge in [-0.3, -0.25) is 0 Å². The zero-order valence-electron chi connectivity index (χ0n) is 14.2. The van der Waals surface area contributed by atoms with E-state index in [1.807, 2.05) is 12.1 Å². The number of rotatable bonds is 6. The number of alkyl halides is 3. The van der Waals surface area contributed by atoms with E-state index in [0.29, 0.717) is 0 Å². The zero-order chi connectivity index (χ0) is 17.4. The Morgan fingerprint density at radius 1 is 1.04 bits per heavy atom. The number of halogens is 3. The van der Waals surface area contributed by atoms with Crippen LogP contribution in [0.5, 0.6) is 5.75 Å². The standard InChI is InChI=1S/C17H23F3N2O/c1-10(2)13-8-12(9-14(11(3)4)15(13)23-5)6-7-16(21-22-16)17(18,19)20/h8-11H,6-7H2,1-5H3. The van der Waals surface area contributed by atoms with Gasteiger partial charge >= 0.3 is 6.18 Å². The summed E-state index contributed by atoms with van der Waals surface area (Å²) in [5.41, 5.74) is 0.751. The molecule has 1 aliphatic rings. The van der Waals surface area contributed by atoms with E-state index in [1.165, 1.54) is 0 Å². The molecule has 0 radical (unpaired) electrons. The van der Waals surface area contributed by atoms with Crippen molar-refractivity contribution in [3.63, 3.8) is 0 Å². The van der Waals surface area contributed by atoms with Crippen molar-refractivity contribution in [1.29, 1.82) is 0 Å². The minimum absolute atomic E-state index is 0.141. The topological polar surface area (TPSA) is 34.0 Å². The number of aryl methyl sites for hydroxylation is 1. The van der Waals surface area contributed by atoms with Crippen LogP contribution in [0.2, 0.25) is 0 Å². The molecule has 1 aromatic rings. The normalized spacial score (nSPS) is 16.3. The zero-order valence-corrected chi connectivity index (χ0v) is 14.2. The lowest BCUT2D eigenvalue weighted by Crippen LogP contribution is -2.33. The molecule has 128 valence electrons. The van der Waals surface area contributed by atoms with Crippen molar-refractivity contribution in [3.8, 4) is 5.75 Å². The average molecular weight is 328 g/mol. The third-order valence-electron chi connectivity index (χ3n) is 4.21. The van der Waals surface area contributed by atoms with Gasteiger partial charge in [0.05, 0.1) is 7.11 Å². The molecule has 0 spiro atoms. The summed E-state index contributed by atoms with van der Waals surface area (Å²) in [6, 6.07) is 3.89. The Bertz CT molecular complexity index is 571. The Balaban J connectivity index is 2.29. The quantitative estimate of drug-likeness (QED) is 0.669.